The Kier molecular flexibility index (Phi) is 7.11. The molecule has 8 heteroatoms. The average molecular weight is 437 g/mol. The normalized spacial score (nSPS) is 19.1. The van der Waals surface area contributed by atoms with Crippen LogP contribution in [-0.2, 0) is 4.79 Å². The zero-order valence-corrected chi connectivity index (χ0v) is 18.8. The Hall–Kier alpha value is -3.44. The van der Waals surface area contributed by atoms with E-state index in [0.717, 1.165) is 5.56 Å². The van der Waals surface area contributed by atoms with E-state index in [2.05, 4.69) is 11.1 Å². The van der Waals surface area contributed by atoms with Gasteiger partial charge in [-0.2, -0.15) is 5.26 Å². The van der Waals surface area contributed by atoms with Crippen LogP contribution in [0.5, 0.6) is 5.88 Å². The molecule has 3 atom stereocenters. The summed E-state index contributed by atoms with van der Waals surface area (Å²) in [5, 5.41) is 19.0. The van der Waals surface area contributed by atoms with E-state index in [9.17, 15) is 20.0 Å². The molecule has 3 rings (SSSR count). The number of amides is 2. The summed E-state index contributed by atoms with van der Waals surface area (Å²) >= 11 is 0. The van der Waals surface area contributed by atoms with Gasteiger partial charge < -0.3 is 19.6 Å². The lowest BCUT2D eigenvalue weighted by atomic mass is 9.99. The molecule has 1 aromatic heterocycles. The molecule has 0 aliphatic carbocycles. The number of hydrogen-bond donors (Lipinski definition) is 1. The molecule has 1 aromatic carbocycles. The Morgan fingerprint density at radius 2 is 2.16 bits per heavy atom. The van der Waals surface area contributed by atoms with Crippen molar-refractivity contribution >= 4 is 11.8 Å². The molecule has 0 radical (unpaired) electrons. The van der Waals surface area contributed by atoms with Crippen molar-refractivity contribution in [2.75, 3.05) is 26.7 Å². The van der Waals surface area contributed by atoms with Crippen molar-refractivity contribution in [2.45, 2.75) is 32.9 Å². The molecule has 0 bridgehead atoms. The van der Waals surface area contributed by atoms with Gasteiger partial charge in [0.1, 0.15) is 11.7 Å². The fourth-order valence-corrected chi connectivity index (χ4v) is 3.64. The standard InChI is InChI=1S/C24H28N4O4/c1-15-12-28(16(2)14-29)24(31)21-9-20(19-7-5-6-18(8-19)10-25)11-26-23(21)32-22(15)13-27(4)17(3)30/h5-9,11,15-16,22,29H,12-14H2,1-4H3/t15-,16+,22+/m1/s1. The summed E-state index contributed by atoms with van der Waals surface area (Å²) in [5.74, 6) is -0.270. The van der Waals surface area contributed by atoms with E-state index < -0.39 is 6.04 Å². The second-order valence-corrected chi connectivity index (χ2v) is 8.29. The molecule has 0 unspecified atom stereocenters. The molecule has 32 heavy (non-hydrogen) atoms. The summed E-state index contributed by atoms with van der Waals surface area (Å²) < 4.78 is 6.17. The first-order valence-corrected chi connectivity index (χ1v) is 10.6. The number of nitriles is 1. The molecule has 8 nitrogen and oxygen atoms in total. The molecule has 1 N–H and O–H groups in total. The predicted octanol–water partition coefficient (Wildman–Crippen LogP) is 2.32. The minimum absolute atomic E-state index is 0.0829. The highest BCUT2D eigenvalue weighted by Gasteiger charge is 2.34. The summed E-state index contributed by atoms with van der Waals surface area (Å²) in [6.45, 7) is 5.77. The zero-order valence-electron chi connectivity index (χ0n) is 18.8. The molecule has 1 aliphatic rings. The van der Waals surface area contributed by atoms with Gasteiger partial charge in [0, 0.05) is 38.2 Å². The van der Waals surface area contributed by atoms with Gasteiger partial charge in [-0.3, -0.25) is 9.59 Å². The number of carbonyl (C=O) groups excluding carboxylic acids is 2. The lowest BCUT2D eigenvalue weighted by molar-refractivity contribution is -0.129. The van der Waals surface area contributed by atoms with Gasteiger partial charge in [0.15, 0.2) is 0 Å². The Balaban J connectivity index is 2.07. The first-order valence-electron chi connectivity index (χ1n) is 10.6. The fraction of sp³-hybridized carbons (Fsp3) is 0.417. The van der Waals surface area contributed by atoms with Crippen LogP contribution in [0.3, 0.4) is 0 Å². The maximum atomic E-state index is 13.5. The minimum Gasteiger partial charge on any atom is -0.472 e. The highest BCUT2D eigenvalue weighted by atomic mass is 16.5. The van der Waals surface area contributed by atoms with Crippen LogP contribution in [0.1, 0.15) is 36.7 Å². The molecule has 2 aromatic rings. The Morgan fingerprint density at radius 3 is 2.81 bits per heavy atom. The van der Waals surface area contributed by atoms with Gasteiger partial charge in [-0.25, -0.2) is 4.98 Å². The van der Waals surface area contributed by atoms with Crippen molar-refractivity contribution in [3.05, 3.63) is 47.7 Å². The summed E-state index contributed by atoms with van der Waals surface area (Å²) in [7, 11) is 1.70. The first-order chi connectivity index (χ1) is 15.2. The largest absolute Gasteiger partial charge is 0.472 e. The van der Waals surface area contributed by atoms with E-state index >= 15 is 0 Å². The van der Waals surface area contributed by atoms with Crippen molar-refractivity contribution in [3.63, 3.8) is 0 Å². The van der Waals surface area contributed by atoms with Crippen LogP contribution < -0.4 is 4.74 Å². The predicted molar refractivity (Wildman–Crippen MR) is 119 cm³/mol. The Labute approximate surface area is 188 Å². The number of aliphatic hydroxyl groups is 1. The van der Waals surface area contributed by atoms with Crippen molar-refractivity contribution in [1.29, 1.82) is 5.26 Å². The van der Waals surface area contributed by atoms with Crippen LogP contribution >= 0.6 is 0 Å². The Bertz CT molecular complexity index is 1050. The Morgan fingerprint density at radius 1 is 1.41 bits per heavy atom. The van der Waals surface area contributed by atoms with E-state index in [0.29, 0.717) is 24.2 Å². The third-order valence-electron chi connectivity index (χ3n) is 5.84. The van der Waals surface area contributed by atoms with E-state index in [-0.39, 0.29) is 41.9 Å². The van der Waals surface area contributed by atoms with Crippen LogP contribution in [-0.4, -0.2) is 70.6 Å². The molecule has 2 amide bonds. The number of rotatable bonds is 5. The van der Waals surface area contributed by atoms with Crippen LogP contribution in [0.25, 0.3) is 11.1 Å². The monoisotopic (exact) mass is 436 g/mol. The zero-order chi connectivity index (χ0) is 23.4. The second kappa shape index (κ2) is 9.79. The number of likely N-dealkylation sites (N-methyl/N-ethyl adjacent to an activating group) is 1. The molecule has 1 aliphatic heterocycles. The van der Waals surface area contributed by atoms with Crippen LogP contribution in [0, 0.1) is 17.2 Å². The molecule has 168 valence electrons. The minimum atomic E-state index is -0.396. The van der Waals surface area contributed by atoms with E-state index in [1.165, 1.54) is 6.92 Å². The molecular weight excluding hydrogens is 408 g/mol. The highest BCUT2D eigenvalue weighted by molar-refractivity contribution is 5.98. The van der Waals surface area contributed by atoms with E-state index in [1.54, 1.807) is 54.2 Å². The molecule has 0 saturated heterocycles. The first kappa shape index (κ1) is 23.2. The number of ether oxygens (including phenoxy) is 1. The van der Waals surface area contributed by atoms with Crippen LogP contribution in [0.15, 0.2) is 36.5 Å². The number of carbonyl (C=O) groups is 2. The molecule has 0 saturated carbocycles. The summed E-state index contributed by atoms with van der Waals surface area (Å²) in [6.07, 6.45) is 1.23. The van der Waals surface area contributed by atoms with Gasteiger partial charge in [-0.05, 0) is 30.7 Å². The summed E-state index contributed by atoms with van der Waals surface area (Å²) in [6, 6.07) is 10.5. The smallest absolute Gasteiger partial charge is 0.259 e. The van der Waals surface area contributed by atoms with Crippen molar-refractivity contribution in [3.8, 4) is 23.1 Å². The summed E-state index contributed by atoms with van der Waals surface area (Å²) in [4.78, 5) is 32.9. The number of pyridine rings is 1. The number of fused-ring (bicyclic) bond motifs is 1. The van der Waals surface area contributed by atoms with Crippen molar-refractivity contribution < 1.29 is 19.4 Å². The third kappa shape index (κ3) is 4.89. The van der Waals surface area contributed by atoms with Gasteiger partial charge in [0.25, 0.3) is 5.91 Å². The number of aliphatic hydroxyl groups excluding tert-OH is 1. The van der Waals surface area contributed by atoms with Crippen molar-refractivity contribution in [1.82, 2.24) is 14.8 Å². The van der Waals surface area contributed by atoms with Gasteiger partial charge in [0.2, 0.25) is 11.8 Å². The number of benzene rings is 1. The average Bonchev–Trinajstić information content (AvgIpc) is 2.80. The fourth-order valence-electron chi connectivity index (χ4n) is 3.64. The second-order valence-electron chi connectivity index (χ2n) is 8.29. The van der Waals surface area contributed by atoms with E-state index in [1.807, 2.05) is 13.0 Å². The summed E-state index contributed by atoms with van der Waals surface area (Å²) in [5.41, 5.74) is 2.23. The maximum Gasteiger partial charge on any atom is 0.259 e. The molecule has 2 heterocycles. The van der Waals surface area contributed by atoms with Gasteiger partial charge in [-0.15, -0.1) is 0 Å². The molecule has 0 fully saturated rings. The lowest BCUT2D eigenvalue weighted by Crippen LogP contribution is -2.50. The topological polar surface area (TPSA) is 107 Å². The lowest BCUT2D eigenvalue weighted by Gasteiger charge is -2.37. The number of aromatic nitrogens is 1. The SMILES string of the molecule is CC(=O)N(C)C[C@@H]1Oc2ncc(-c3cccc(C#N)c3)cc2C(=O)N([C@@H](C)CO)C[C@H]1C. The van der Waals surface area contributed by atoms with Gasteiger partial charge in [0.05, 0.1) is 30.8 Å². The number of hydrogen-bond acceptors (Lipinski definition) is 6. The number of nitrogens with zero attached hydrogens (tertiary/aromatic N) is 4. The maximum absolute atomic E-state index is 13.5. The third-order valence-corrected chi connectivity index (χ3v) is 5.84. The van der Waals surface area contributed by atoms with Crippen LogP contribution in [0.2, 0.25) is 0 Å². The van der Waals surface area contributed by atoms with E-state index in [4.69, 9.17) is 4.74 Å². The molecular formula is C24H28N4O4. The van der Waals surface area contributed by atoms with Gasteiger partial charge in [-0.1, -0.05) is 19.1 Å². The quantitative estimate of drug-likeness (QED) is 0.771. The highest BCUT2D eigenvalue weighted by Crippen LogP contribution is 2.30. The molecule has 0 spiro atoms. The van der Waals surface area contributed by atoms with Crippen LogP contribution in [0.4, 0.5) is 0 Å². The van der Waals surface area contributed by atoms with Crippen molar-refractivity contribution in [2.24, 2.45) is 5.92 Å². The van der Waals surface area contributed by atoms with Gasteiger partial charge >= 0.3 is 0 Å².